The molecule has 82 valence electrons. The lowest BCUT2D eigenvalue weighted by atomic mass is 10.1. The van der Waals surface area contributed by atoms with Crippen molar-refractivity contribution in [2.24, 2.45) is 0 Å². The van der Waals surface area contributed by atoms with Gasteiger partial charge < -0.3 is 4.74 Å². The Morgan fingerprint density at radius 1 is 1.19 bits per heavy atom. The molecular weight excluding hydrogens is 224 g/mol. The molecule has 1 aromatic heterocycles. The molecule has 16 heavy (non-hydrogen) atoms. The molecule has 0 aliphatic heterocycles. The third-order valence-corrected chi connectivity index (χ3v) is 2.55. The largest absolute Gasteiger partial charge is 0.496 e. The van der Waals surface area contributed by atoms with E-state index >= 15 is 0 Å². The zero-order chi connectivity index (χ0) is 11.5. The molecule has 0 radical (unpaired) electrons. The van der Waals surface area contributed by atoms with Crippen molar-refractivity contribution >= 4 is 11.6 Å². The van der Waals surface area contributed by atoms with Gasteiger partial charge in [0.15, 0.2) is 0 Å². The first-order chi connectivity index (χ1) is 7.72. The normalized spacial score (nSPS) is 10.2. The molecule has 0 spiro atoms. The molecule has 2 aromatic rings. The molecule has 1 heterocycles. The Kier molecular flexibility index (Phi) is 3.06. The number of ether oxygens (including phenoxy) is 1. The summed E-state index contributed by atoms with van der Waals surface area (Å²) in [5.41, 5.74) is 1.68. The average molecular weight is 235 g/mol. The predicted molar refractivity (Wildman–Crippen MR) is 63.8 cm³/mol. The SMILES string of the molecule is COc1ccccc1-c1cnc(C)nc1Cl. The topological polar surface area (TPSA) is 35.0 Å². The molecule has 3 nitrogen and oxygen atoms in total. The van der Waals surface area contributed by atoms with Crippen molar-refractivity contribution in [1.29, 1.82) is 0 Å². The molecule has 1 aromatic carbocycles. The van der Waals surface area contributed by atoms with Gasteiger partial charge in [0.2, 0.25) is 0 Å². The monoisotopic (exact) mass is 234 g/mol. The predicted octanol–water partition coefficient (Wildman–Crippen LogP) is 3.11. The van der Waals surface area contributed by atoms with Crippen molar-refractivity contribution in [3.63, 3.8) is 0 Å². The lowest BCUT2D eigenvalue weighted by Gasteiger charge is -2.08. The van der Waals surface area contributed by atoms with Gasteiger partial charge in [0, 0.05) is 17.3 Å². The van der Waals surface area contributed by atoms with Crippen LogP contribution in [0.2, 0.25) is 5.15 Å². The van der Waals surface area contributed by atoms with Crippen LogP contribution in [0.1, 0.15) is 5.82 Å². The van der Waals surface area contributed by atoms with Gasteiger partial charge >= 0.3 is 0 Å². The number of hydrogen-bond donors (Lipinski definition) is 0. The van der Waals surface area contributed by atoms with Gasteiger partial charge in [-0.15, -0.1) is 0 Å². The molecule has 0 aliphatic rings. The highest BCUT2D eigenvalue weighted by atomic mass is 35.5. The van der Waals surface area contributed by atoms with E-state index in [-0.39, 0.29) is 0 Å². The van der Waals surface area contributed by atoms with Gasteiger partial charge in [0.1, 0.15) is 16.7 Å². The fourth-order valence-electron chi connectivity index (χ4n) is 1.49. The molecule has 0 fully saturated rings. The fourth-order valence-corrected chi connectivity index (χ4v) is 1.76. The van der Waals surface area contributed by atoms with Gasteiger partial charge in [0.05, 0.1) is 7.11 Å². The molecule has 0 atom stereocenters. The molecule has 0 saturated heterocycles. The standard InChI is InChI=1S/C12H11ClN2O/c1-8-14-7-10(12(13)15-8)9-5-3-4-6-11(9)16-2/h3-7H,1-2H3. The number of halogens is 1. The van der Waals surface area contributed by atoms with Gasteiger partial charge in [-0.05, 0) is 13.0 Å². The smallest absolute Gasteiger partial charge is 0.140 e. The van der Waals surface area contributed by atoms with E-state index in [1.165, 1.54) is 0 Å². The first-order valence-electron chi connectivity index (χ1n) is 4.85. The Labute approximate surface area is 99.1 Å². The second kappa shape index (κ2) is 4.49. The van der Waals surface area contributed by atoms with Crippen molar-refractivity contribution in [2.45, 2.75) is 6.92 Å². The summed E-state index contributed by atoms with van der Waals surface area (Å²) < 4.78 is 5.27. The number of benzene rings is 1. The lowest BCUT2D eigenvalue weighted by molar-refractivity contribution is 0.416. The van der Waals surface area contributed by atoms with Crippen LogP contribution in [0.5, 0.6) is 5.75 Å². The van der Waals surface area contributed by atoms with Crippen LogP contribution in [0.4, 0.5) is 0 Å². The third kappa shape index (κ3) is 1.99. The van der Waals surface area contributed by atoms with Crippen LogP contribution in [0.25, 0.3) is 11.1 Å². The zero-order valence-corrected chi connectivity index (χ0v) is 9.82. The summed E-state index contributed by atoms with van der Waals surface area (Å²) in [6, 6.07) is 7.64. The van der Waals surface area contributed by atoms with Crippen molar-refractivity contribution in [3.05, 3.63) is 41.4 Å². The molecule has 0 amide bonds. The van der Waals surface area contributed by atoms with E-state index in [4.69, 9.17) is 16.3 Å². The molecule has 2 rings (SSSR count). The van der Waals surface area contributed by atoms with Crippen LogP contribution in [-0.4, -0.2) is 17.1 Å². The van der Waals surface area contributed by atoms with E-state index in [1.807, 2.05) is 24.3 Å². The number of para-hydroxylation sites is 1. The summed E-state index contributed by atoms with van der Waals surface area (Å²) in [6.45, 7) is 1.80. The van der Waals surface area contributed by atoms with Crippen molar-refractivity contribution in [2.75, 3.05) is 7.11 Å². The summed E-state index contributed by atoms with van der Waals surface area (Å²) in [4.78, 5) is 8.26. The minimum atomic E-state index is 0.442. The van der Waals surface area contributed by atoms with E-state index in [1.54, 1.807) is 20.2 Å². The summed E-state index contributed by atoms with van der Waals surface area (Å²) in [6.07, 6.45) is 1.71. The molecule has 0 saturated carbocycles. The summed E-state index contributed by atoms with van der Waals surface area (Å²) >= 11 is 6.09. The van der Waals surface area contributed by atoms with Crippen LogP contribution in [0.15, 0.2) is 30.5 Å². The number of hydrogen-bond acceptors (Lipinski definition) is 3. The number of aryl methyl sites for hydroxylation is 1. The van der Waals surface area contributed by atoms with Crippen LogP contribution in [0.3, 0.4) is 0 Å². The number of methoxy groups -OCH3 is 1. The van der Waals surface area contributed by atoms with Crippen LogP contribution >= 0.6 is 11.6 Å². The van der Waals surface area contributed by atoms with Crippen molar-refractivity contribution < 1.29 is 4.74 Å². The first kappa shape index (κ1) is 10.9. The van der Waals surface area contributed by atoms with Crippen molar-refractivity contribution in [3.8, 4) is 16.9 Å². The van der Waals surface area contributed by atoms with Crippen molar-refractivity contribution in [1.82, 2.24) is 9.97 Å². The van der Waals surface area contributed by atoms with E-state index in [0.29, 0.717) is 11.0 Å². The quantitative estimate of drug-likeness (QED) is 0.749. The summed E-state index contributed by atoms with van der Waals surface area (Å²) in [7, 11) is 1.63. The van der Waals surface area contributed by atoms with Gasteiger partial charge in [-0.1, -0.05) is 29.8 Å². The summed E-state index contributed by atoms with van der Waals surface area (Å²) in [5, 5.41) is 0.442. The Morgan fingerprint density at radius 2 is 1.94 bits per heavy atom. The maximum absolute atomic E-state index is 6.09. The highest BCUT2D eigenvalue weighted by molar-refractivity contribution is 6.32. The molecule has 0 bridgehead atoms. The van der Waals surface area contributed by atoms with E-state index in [2.05, 4.69) is 9.97 Å². The highest BCUT2D eigenvalue weighted by Crippen LogP contribution is 2.32. The Balaban J connectivity index is 2.58. The number of rotatable bonds is 2. The van der Waals surface area contributed by atoms with Crippen LogP contribution in [0, 0.1) is 6.92 Å². The van der Waals surface area contributed by atoms with Crippen LogP contribution < -0.4 is 4.74 Å². The Morgan fingerprint density at radius 3 is 2.62 bits per heavy atom. The van der Waals surface area contributed by atoms with Gasteiger partial charge in [-0.3, -0.25) is 0 Å². The van der Waals surface area contributed by atoms with E-state index in [9.17, 15) is 0 Å². The minimum Gasteiger partial charge on any atom is -0.496 e. The second-order valence-corrected chi connectivity index (χ2v) is 3.68. The van der Waals surface area contributed by atoms with E-state index in [0.717, 1.165) is 16.9 Å². The number of nitrogens with zero attached hydrogens (tertiary/aromatic N) is 2. The Bertz CT molecular complexity index is 514. The maximum Gasteiger partial charge on any atom is 0.140 e. The second-order valence-electron chi connectivity index (χ2n) is 3.32. The highest BCUT2D eigenvalue weighted by Gasteiger charge is 2.10. The molecular formula is C12H11ClN2O. The lowest BCUT2D eigenvalue weighted by Crippen LogP contribution is -1.93. The maximum atomic E-state index is 6.09. The fraction of sp³-hybridized carbons (Fsp3) is 0.167. The average Bonchev–Trinajstić information content (AvgIpc) is 2.29. The van der Waals surface area contributed by atoms with Gasteiger partial charge in [0.25, 0.3) is 0 Å². The van der Waals surface area contributed by atoms with E-state index < -0.39 is 0 Å². The first-order valence-corrected chi connectivity index (χ1v) is 5.22. The van der Waals surface area contributed by atoms with Crippen LogP contribution in [-0.2, 0) is 0 Å². The minimum absolute atomic E-state index is 0.442. The molecule has 4 heteroatoms. The molecule has 0 N–H and O–H groups in total. The molecule has 0 aliphatic carbocycles. The van der Waals surface area contributed by atoms with Gasteiger partial charge in [-0.2, -0.15) is 0 Å². The zero-order valence-electron chi connectivity index (χ0n) is 9.07. The Hall–Kier alpha value is -1.61. The third-order valence-electron chi connectivity index (χ3n) is 2.26. The molecule has 0 unspecified atom stereocenters. The summed E-state index contributed by atoms with van der Waals surface area (Å²) in [5.74, 6) is 1.42. The number of aromatic nitrogens is 2. The van der Waals surface area contributed by atoms with Gasteiger partial charge in [-0.25, -0.2) is 9.97 Å².